The monoisotopic (exact) mass is 318 g/mol. The molecule has 128 valence electrons. The fourth-order valence-corrected chi connectivity index (χ4v) is 2.90. The number of ether oxygens (including phenoxy) is 1. The molecule has 0 spiro atoms. The van der Waals surface area contributed by atoms with Crippen molar-refractivity contribution in [1.29, 1.82) is 0 Å². The maximum absolute atomic E-state index is 12.2. The van der Waals surface area contributed by atoms with Crippen LogP contribution in [0.4, 0.5) is 10.5 Å². The number of carbonyl (C=O) groups excluding carboxylic acids is 1. The number of anilines is 1. The van der Waals surface area contributed by atoms with Crippen molar-refractivity contribution in [3.8, 4) is 0 Å². The first-order chi connectivity index (χ1) is 10.7. The van der Waals surface area contributed by atoms with Crippen molar-refractivity contribution in [3.05, 3.63) is 29.3 Å². The minimum absolute atomic E-state index is 0.186. The van der Waals surface area contributed by atoms with Crippen molar-refractivity contribution in [1.82, 2.24) is 4.90 Å². The van der Waals surface area contributed by atoms with Gasteiger partial charge < -0.3 is 15.0 Å². The van der Waals surface area contributed by atoms with Crippen LogP contribution in [-0.2, 0) is 4.74 Å². The lowest BCUT2D eigenvalue weighted by Crippen LogP contribution is -2.44. The number of hydrogen-bond donors (Lipinski definition) is 1. The molecule has 1 aliphatic rings. The van der Waals surface area contributed by atoms with Gasteiger partial charge in [0, 0.05) is 25.3 Å². The Bertz CT molecular complexity index is 549. The molecule has 4 heteroatoms. The van der Waals surface area contributed by atoms with Gasteiger partial charge in [0.15, 0.2) is 0 Å². The Hall–Kier alpha value is -1.71. The number of piperidine rings is 1. The smallest absolute Gasteiger partial charge is 0.410 e. The normalized spacial score (nSPS) is 18.7. The molecule has 0 aliphatic carbocycles. The molecule has 1 heterocycles. The van der Waals surface area contributed by atoms with E-state index in [2.05, 4.69) is 37.4 Å². The Morgan fingerprint density at radius 1 is 1.35 bits per heavy atom. The largest absolute Gasteiger partial charge is 0.444 e. The Morgan fingerprint density at radius 2 is 2.09 bits per heavy atom. The van der Waals surface area contributed by atoms with Gasteiger partial charge in [-0.2, -0.15) is 0 Å². The van der Waals surface area contributed by atoms with Crippen molar-refractivity contribution in [2.24, 2.45) is 5.92 Å². The van der Waals surface area contributed by atoms with Gasteiger partial charge >= 0.3 is 6.09 Å². The average Bonchev–Trinajstić information content (AvgIpc) is 2.47. The highest BCUT2D eigenvalue weighted by atomic mass is 16.6. The first kappa shape index (κ1) is 17.6. The van der Waals surface area contributed by atoms with Gasteiger partial charge in [-0.05, 0) is 70.6 Å². The number of rotatable bonds is 3. The molecule has 2 rings (SSSR count). The van der Waals surface area contributed by atoms with Crippen molar-refractivity contribution < 1.29 is 9.53 Å². The van der Waals surface area contributed by atoms with E-state index in [1.807, 2.05) is 25.7 Å². The minimum atomic E-state index is -0.430. The van der Waals surface area contributed by atoms with E-state index in [9.17, 15) is 4.79 Å². The molecular weight excluding hydrogens is 288 g/mol. The second kappa shape index (κ2) is 7.24. The molecule has 1 amide bonds. The maximum atomic E-state index is 12.2. The number of hydrogen-bond acceptors (Lipinski definition) is 3. The summed E-state index contributed by atoms with van der Waals surface area (Å²) in [7, 11) is 0. The highest BCUT2D eigenvalue weighted by Crippen LogP contribution is 2.22. The molecule has 1 aliphatic heterocycles. The molecule has 1 fully saturated rings. The summed E-state index contributed by atoms with van der Waals surface area (Å²) in [6.45, 7) is 12.4. The molecule has 23 heavy (non-hydrogen) atoms. The molecule has 1 N–H and O–H groups in total. The molecule has 1 aromatic carbocycles. The summed E-state index contributed by atoms with van der Waals surface area (Å²) in [5.74, 6) is 0.469. The first-order valence-corrected chi connectivity index (χ1v) is 8.53. The summed E-state index contributed by atoms with van der Waals surface area (Å²) in [6.07, 6.45) is 2.00. The summed E-state index contributed by atoms with van der Waals surface area (Å²) >= 11 is 0. The Labute approximate surface area is 140 Å². The van der Waals surface area contributed by atoms with Gasteiger partial charge in [-0.25, -0.2) is 4.79 Å². The molecule has 4 nitrogen and oxygen atoms in total. The summed E-state index contributed by atoms with van der Waals surface area (Å²) in [5, 5.41) is 3.55. The fourth-order valence-electron chi connectivity index (χ4n) is 2.90. The van der Waals surface area contributed by atoms with Gasteiger partial charge in [-0.1, -0.05) is 12.1 Å². The fraction of sp³-hybridized carbons (Fsp3) is 0.632. The van der Waals surface area contributed by atoms with Crippen LogP contribution in [0.5, 0.6) is 0 Å². The van der Waals surface area contributed by atoms with Crippen LogP contribution in [-0.4, -0.2) is 36.2 Å². The second-order valence-electron chi connectivity index (χ2n) is 7.63. The number of nitrogens with one attached hydrogen (secondary N) is 1. The lowest BCUT2D eigenvalue weighted by Gasteiger charge is -2.34. The quantitative estimate of drug-likeness (QED) is 0.900. The number of aryl methyl sites for hydroxylation is 2. The van der Waals surface area contributed by atoms with Crippen LogP contribution in [0.25, 0.3) is 0 Å². The number of benzene rings is 1. The average molecular weight is 318 g/mol. The zero-order valence-corrected chi connectivity index (χ0v) is 15.1. The van der Waals surface area contributed by atoms with Gasteiger partial charge in [-0.3, -0.25) is 0 Å². The maximum Gasteiger partial charge on any atom is 0.410 e. The summed E-state index contributed by atoms with van der Waals surface area (Å²) in [5.41, 5.74) is 3.29. The van der Waals surface area contributed by atoms with Gasteiger partial charge in [0.1, 0.15) is 5.60 Å². The zero-order chi connectivity index (χ0) is 17.0. The van der Waals surface area contributed by atoms with E-state index >= 15 is 0 Å². The van der Waals surface area contributed by atoms with Crippen LogP contribution in [0.1, 0.15) is 44.7 Å². The van der Waals surface area contributed by atoms with E-state index in [0.29, 0.717) is 5.92 Å². The Balaban J connectivity index is 1.89. The van der Waals surface area contributed by atoms with Crippen LogP contribution in [0.2, 0.25) is 0 Å². The SMILES string of the molecule is Cc1ccc(C)c(NCC2CCCN(C(=O)OC(C)(C)C)C2)c1. The predicted octanol–water partition coefficient (Wildman–Crippen LogP) is 4.36. The second-order valence-corrected chi connectivity index (χ2v) is 7.63. The molecule has 0 radical (unpaired) electrons. The van der Waals surface area contributed by atoms with E-state index in [1.54, 1.807) is 0 Å². The van der Waals surface area contributed by atoms with Crippen molar-refractivity contribution in [3.63, 3.8) is 0 Å². The van der Waals surface area contributed by atoms with Crippen LogP contribution >= 0.6 is 0 Å². The van der Waals surface area contributed by atoms with Crippen molar-refractivity contribution in [2.75, 3.05) is 25.0 Å². The third kappa shape index (κ3) is 5.45. The van der Waals surface area contributed by atoms with Crippen LogP contribution in [0, 0.1) is 19.8 Å². The van der Waals surface area contributed by atoms with Crippen molar-refractivity contribution in [2.45, 2.75) is 53.1 Å². The molecule has 1 saturated heterocycles. The van der Waals surface area contributed by atoms with Crippen LogP contribution in [0.15, 0.2) is 18.2 Å². The lowest BCUT2D eigenvalue weighted by molar-refractivity contribution is 0.0172. The van der Waals surface area contributed by atoms with Gasteiger partial charge in [0.2, 0.25) is 0 Å². The van der Waals surface area contributed by atoms with Gasteiger partial charge in [0.05, 0.1) is 0 Å². The van der Waals surface area contributed by atoms with E-state index < -0.39 is 5.60 Å². The topological polar surface area (TPSA) is 41.6 Å². The van der Waals surface area contributed by atoms with E-state index in [0.717, 1.165) is 32.5 Å². The summed E-state index contributed by atoms with van der Waals surface area (Å²) in [4.78, 5) is 14.1. The third-order valence-electron chi connectivity index (χ3n) is 4.14. The molecular formula is C19H30N2O2. The highest BCUT2D eigenvalue weighted by molar-refractivity contribution is 5.68. The molecule has 1 aromatic rings. The van der Waals surface area contributed by atoms with Crippen molar-refractivity contribution >= 4 is 11.8 Å². The summed E-state index contributed by atoms with van der Waals surface area (Å²) in [6, 6.07) is 6.46. The standard InChI is InChI=1S/C19H30N2O2/c1-14-8-9-15(2)17(11-14)20-12-16-7-6-10-21(13-16)18(22)23-19(3,4)5/h8-9,11,16,20H,6-7,10,12-13H2,1-5H3. The molecule has 0 saturated carbocycles. The minimum Gasteiger partial charge on any atom is -0.444 e. The number of amides is 1. The van der Waals surface area contributed by atoms with E-state index in [-0.39, 0.29) is 6.09 Å². The Morgan fingerprint density at radius 3 is 2.78 bits per heavy atom. The number of likely N-dealkylation sites (tertiary alicyclic amines) is 1. The molecule has 0 aromatic heterocycles. The lowest BCUT2D eigenvalue weighted by atomic mass is 9.98. The van der Waals surface area contributed by atoms with Crippen LogP contribution in [0.3, 0.4) is 0 Å². The molecule has 1 atom stereocenters. The Kier molecular flexibility index (Phi) is 5.55. The highest BCUT2D eigenvalue weighted by Gasteiger charge is 2.27. The first-order valence-electron chi connectivity index (χ1n) is 8.53. The van der Waals surface area contributed by atoms with Gasteiger partial charge in [-0.15, -0.1) is 0 Å². The predicted molar refractivity (Wildman–Crippen MR) is 94.9 cm³/mol. The number of carbonyl (C=O) groups is 1. The summed E-state index contributed by atoms with van der Waals surface area (Å²) < 4.78 is 5.49. The third-order valence-corrected chi connectivity index (χ3v) is 4.14. The zero-order valence-electron chi connectivity index (χ0n) is 15.1. The van der Waals surface area contributed by atoms with Crippen LogP contribution < -0.4 is 5.32 Å². The molecule has 0 bridgehead atoms. The molecule has 1 unspecified atom stereocenters. The van der Waals surface area contributed by atoms with E-state index in [4.69, 9.17) is 4.74 Å². The van der Waals surface area contributed by atoms with Gasteiger partial charge in [0.25, 0.3) is 0 Å². The number of nitrogens with zero attached hydrogens (tertiary/aromatic N) is 1. The van der Waals surface area contributed by atoms with E-state index in [1.165, 1.54) is 16.8 Å².